The number of esters is 1. The van der Waals surface area contributed by atoms with Gasteiger partial charge in [0, 0.05) is 5.75 Å². The zero-order valence-electron chi connectivity index (χ0n) is 16.2. The van der Waals surface area contributed by atoms with Gasteiger partial charge in [0.1, 0.15) is 18.2 Å². The Morgan fingerprint density at radius 2 is 1.63 bits per heavy atom. The lowest BCUT2D eigenvalue weighted by Crippen LogP contribution is -2.47. The highest BCUT2D eigenvalue weighted by atomic mass is 35.6. The van der Waals surface area contributed by atoms with Crippen LogP contribution in [0.15, 0.2) is 24.3 Å². The Labute approximate surface area is 192 Å². The van der Waals surface area contributed by atoms with Crippen LogP contribution >= 0.6 is 46.8 Å². The third kappa shape index (κ3) is 6.94. The van der Waals surface area contributed by atoms with Crippen molar-refractivity contribution in [3.63, 3.8) is 0 Å². The van der Waals surface area contributed by atoms with Crippen LogP contribution in [0.2, 0.25) is 0 Å². The first kappa shape index (κ1) is 24.6. The first-order valence-electron chi connectivity index (χ1n) is 8.62. The van der Waals surface area contributed by atoms with Crippen molar-refractivity contribution in [1.29, 1.82) is 0 Å². The molecule has 1 aromatic carbocycles. The van der Waals surface area contributed by atoms with Crippen molar-refractivity contribution in [2.75, 3.05) is 12.4 Å². The molecule has 0 saturated carbocycles. The fourth-order valence-corrected chi connectivity index (χ4v) is 3.42. The molecule has 0 saturated heterocycles. The highest BCUT2D eigenvalue weighted by molar-refractivity contribution is 7.98. The van der Waals surface area contributed by atoms with Crippen molar-refractivity contribution in [1.82, 2.24) is 9.62 Å². The van der Waals surface area contributed by atoms with Gasteiger partial charge in [-0.15, -0.1) is 0 Å². The van der Waals surface area contributed by atoms with Gasteiger partial charge in [0.25, 0.3) is 11.8 Å². The number of amides is 3. The van der Waals surface area contributed by atoms with Gasteiger partial charge in [-0.05, 0) is 44.9 Å². The van der Waals surface area contributed by atoms with Crippen LogP contribution in [0, 0.1) is 0 Å². The number of alkyl halides is 3. The number of nitrogens with zero attached hydrogens (tertiary/aromatic N) is 1. The molecule has 0 aromatic heterocycles. The van der Waals surface area contributed by atoms with E-state index in [0.717, 1.165) is 16.3 Å². The Morgan fingerprint density at radius 3 is 2.10 bits per heavy atom. The topological polar surface area (TPSA) is 102 Å². The van der Waals surface area contributed by atoms with Crippen LogP contribution in [-0.4, -0.2) is 56.0 Å². The van der Waals surface area contributed by atoms with Gasteiger partial charge < -0.3 is 14.8 Å². The molecule has 0 fully saturated rings. The fourth-order valence-electron chi connectivity index (χ4n) is 2.31. The molecule has 0 aliphatic carbocycles. The van der Waals surface area contributed by atoms with Crippen LogP contribution in [0.25, 0.3) is 0 Å². The molecule has 3 amide bonds. The number of nitrogens with one attached hydrogen (secondary N) is 1. The maximum Gasteiger partial charge on any atom is 0.408 e. The maximum atomic E-state index is 12.5. The largest absolute Gasteiger partial charge is 0.458 e. The Bertz CT molecular complexity index is 818. The van der Waals surface area contributed by atoms with Gasteiger partial charge in [-0.3, -0.25) is 9.59 Å². The van der Waals surface area contributed by atoms with Crippen molar-refractivity contribution in [2.24, 2.45) is 0 Å². The molecule has 0 unspecified atom stereocenters. The summed E-state index contributed by atoms with van der Waals surface area (Å²) in [7, 11) is 0. The SMILES string of the molecule is CC(C)(C)OC(=O)[C@@H](CSN1C(=O)c2ccccc2C1=O)NC(=O)OCC(Cl)(Cl)Cl. The van der Waals surface area contributed by atoms with Crippen LogP contribution in [0.4, 0.5) is 4.79 Å². The molecule has 0 radical (unpaired) electrons. The molecule has 30 heavy (non-hydrogen) atoms. The number of alkyl carbamates (subject to hydrolysis) is 1. The number of benzene rings is 1. The molecular formula is C18H19Cl3N2O6S. The number of carbonyl (C=O) groups is 4. The van der Waals surface area contributed by atoms with E-state index in [1.54, 1.807) is 32.9 Å². The van der Waals surface area contributed by atoms with Crippen LogP contribution in [-0.2, 0) is 14.3 Å². The summed E-state index contributed by atoms with van der Waals surface area (Å²) in [5.41, 5.74) is -0.309. The summed E-state index contributed by atoms with van der Waals surface area (Å²) in [6.45, 7) is 4.41. The molecule has 1 atom stereocenters. The smallest absolute Gasteiger partial charge is 0.408 e. The molecule has 2 rings (SSSR count). The Kier molecular flexibility index (Phi) is 7.90. The van der Waals surface area contributed by atoms with E-state index in [4.69, 9.17) is 44.3 Å². The van der Waals surface area contributed by atoms with Gasteiger partial charge in [0.2, 0.25) is 3.79 Å². The second-order valence-electron chi connectivity index (χ2n) is 7.17. The second kappa shape index (κ2) is 9.64. The van der Waals surface area contributed by atoms with Gasteiger partial charge >= 0.3 is 12.1 Å². The summed E-state index contributed by atoms with van der Waals surface area (Å²) < 4.78 is 9.16. The Hall–Kier alpha value is -1.68. The predicted molar refractivity (Wildman–Crippen MR) is 114 cm³/mol. The summed E-state index contributed by atoms with van der Waals surface area (Å²) in [5, 5.41) is 2.31. The first-order valence-corrected chi connectivity index (χ1v) is 10.7. The van der Waals surface area contributed by atoms with Gasteiger partial charge in [0.15, 0.2) is 0 Å². The predicted octanol–water partition coefficient (Wildman–Crippen LogP) is 3.74. The van der Waals surface area contributed by atoms with E-state index >= 15 is 0 Å². The highest BCUT2D eigenvalue weighted by Gasteiger charge is 2.37. The van der Waals surface area contributed by atoms with Crippen LogP contribution in [0.3, 0.4) is 0 Å². The zero-order valence-corrected chi connectivity index (χ0v) is 19.3. The quantitative estimate of drug-likeness (QED) is 0.276. The first-order chi connectivity index (χ1) is 13.8. The van der Waals surface area contributed by atoms with Gasteiger partial charge in [-0.1, -0.05) is 46.9 Å². The van der Waals surface area contributed by atoms with Gasteiger partial charge in [-0.25, -0.2) is 13.9 Å². The van der Waals surface area contributed by atoms with E-state index in [-0.39, 0.29) is 16.9 Å². The highest BCUT2D eigenvalue weighted by Crippen LogP contribution is 2.29. The molecule has 1 aliphatic heterocycles. The molecule has 12 heteroatoms. The van der Waals surface area contributed by atoms with Gasteiger partial charge in [0.05, 0.1) is 11.1 Å². The number of imide groups is 1. The molecular weight excluding hydrogens is 479 g/mol. The molecule has 0 spiro atoms. The lowest BCUT2D eigenvalue weighted by atomic mass is 10.1. The number of rotatable bonds is 6. The average Bonchev–Trinajstić information content (AvgIpc) is 2.86. The summed E-state index contributed by atoms with van der Waals surface area (Å²) >= 11 is 17.4. The van der Waals surface area contributed by atoms with E-state index in [2.05, 4.69) is 5.32 Å². The number of carbonyl (C=O) groups excluding carboxylic acids is 4. The Balaban J connectivity index is 2.08. The third-order valence-corrected chi connectivity index (χ3v) is 4.88. The van der Waals surface area contributed by atoms with Crippen molar-refractivity contribution >= 4 is 70.6 Å². The molecule has 1 heterocycles. The minimum Gasteiger partial charge on any atom is -0.458 e. The van der Waals surface area contributed by atoms with E-state index in [9.17, 15) is 19.2 Å². The van der Waals surface area contributed by atoms with Crippen molar-refractivity contribution in [2.45, 2.75) is 36.2 Å². The monoisotopic (exact) mass is 496 g/mol. The van der Waals surface area contributed by atoms with Crippen molar-refractivity contribution in [3.05, 3.63) is 35.4 Å². The molecule has 1 aliphatic rings. The standard InChI is InChI=1S/C18H19Cl3N2O6S/c1-17(2,3)29-15(26)12(22-16(27)28-9-18(19,20)21)8-30-23-13(24)10-6-4-5-7-11(10)14(23)25/h4-7,12H,8-9H2,1-3H3,(H,22,27)/t12-/m1/s1. The zero-order chi connectivity index (χ0) is 22.7. The molecule has 1 aromatic rings. The summed E-state index contributed by atoms with van der Waals surface area (Å²) in [6.07, 6.45) is -1.03. The number of halogens is 3. The molecule has 0 bridgehead atoms. The van der Waals surface area contributed by atoms with Crippen LogP contribution in [0.1, 0.15) is 41.5 Å². The van der Waals surface area contributed by atoms with Crippen LogP contribution in [0.5, 0.6) is 0 Å². The van der Waals surface area contributed by atoms with E-state index in [1.807, 2.05) is 0 Å². The van der Waals surface area contributed by atoms with E-state index < -0.39 is 45.9 Å². The Morgan fingerprint density at radius 1 is 1.10 bits per heavy atom. The number of hydrogen-bond acceptors (Lipinski definition) is 7. The average molecular weight is 498 g/mol. The van der Waals surface area contributed by atoms with Crippen LogP contribution < -0.4 is 5.32 Å². The number of ether oxygens (including phenoxy) is 2. The van der Waals surface area contributed by atoms with Gasteiger partial charge in [-0.2, -0.15) is 0 Å². The molecule has 1 N–H and O–H groups in total. The maximum absolute atomic E-state index is 12.5. The lowest BCUT2D eigenvalue weighted by Gasteiger charge is -2.25. The lowest BCUT2D eigenvalue weighted by molar-refractivity contribution is -0.156. The van der Waals surface area contributed by atoms with E-state index in [0.29, 0.717) is 0 Å². The van der Waals surface area contributed by atoms with Crippen molar-refractivity contribution in [3.8, 4) is 0 Å². The summed E-state index contributed by atoms with van der Waals surface area (Å²) in [5.74, 6) is -1.98. The normalized spacial score (nSPS) is 14.9. The van der Waals surface area contributed by atoms with E-state index in [1.165, 1.54) is 12.1 Å². The minimum atomic E-state index is -1.83. The number of hydrogen-bond donors (Lipinski definition) is 1. The summed E-state index contributed by atoms with van der Waals surface area (Å²) in [4.78, 5) is 49.4. The fraction of sp³-hybridized carbons (Fsp3) is 0.444. The summed E-state index contributed by atoms with van der Waals surface area (Å²) in [6, 6.07) is 5.12. The second-order valence-corrected chi connectivity index (χ2v) is 10.6. The number of fused-ring (bicyclic) bond motifs is 1. The molecule has 164 valence electrons. The van der Waals surface area contributed by atoms with Crippen molar-refractivity contribution < 1.29 is 28.7 Å². The molecule has 8 nitrogen and oxygen atoms in total. The minimum absolute atomic E-state index is 0.177. The third-order valence-electron chi connectivity index (χ3n) is 3.48.